The zero-order chi connectivity index (χ0) is 34.1. The van der Waals surface area contributed by atoms with Gasteiger partial charge >= 0.3 is 0 Å². The van der Waals surface area contributed by atoms with Gasteiger partial charge in [-0.1, -0.05) is 133 Å². The lowest BCUT2D eigenvalue weighted by atomic mass is 9.95. The quantitative estimate of drug-likeness (QED) is 0.138. The van der Waals surface area contributed by atoms with E-state index in [2.05, 4.69) is 108 Å². The monoisotopic (exact) mass is 652 g/mol. The summed E-state index contributed by atoms with van der Waals surface area (Å²) in [5.74, 6) is 0. The normalized spacial score (nSPS) is 11.1. The van der Waals surface area contributed by atoms with Crippen LogP contribution < -0.4 is 20.7 Å². The highest BCUT2D eigenvalue weighted by molar-refractivity contribution is 7.19. The third kappa shape index (κ3) is 4.72. The SMILES string of the molecule is N#Cc1ccc2c(c1)c1ccccc1n2-c1cccc(-c2cc([Si](c3ccccc3)(c3ccccc3)c3ccccc3)ccc2C#N)c1C#N. The minimum atomic E-state index is -2.90. The van der Waals surface area contributed by atoms with Gasteiger partial charge in [-0.25, -0.2) is 0 Å². The van der Waals surface area contributed by atoms with Crippen molar-refractivity contribution in [3.63, 3.8) is 0 Å². The molecule has 8 aromatic rings. The molecule has 0 fully saturated rings. The maximum absolute atomic E-state index is 10.9. The summed E-state index contributed by atoms with van der Waals surface area (Å²) in [6.07, 6.45) is 0. The Morgan fingerprint density at radius 2 is 1.02 bits per heavy atom. The average molecular weight is 653 g/mol. The molecule has 0 N–H and O–H groups in total. The van der Waals surface area contributed by atoms with Crippen LogP contribution in [0.3, 0.4) is 0 Å². The first kappa shape index (κ1) is 30.4. The van der Waals surface area contributed by atoms with E-state index >= 15 is 0 Å². The number of nitrogens with zero attached hydrogens (tertiary/aromatic N) is 4. The Kier molecular flexibility index (Phi) is 7.63. The first-order valence-electron chi connectivity index (χ1n) is 16.4. The molecule has 0 aliphatic rings. The molecule has 232 valence electrons. The van der Waals surface area contributed by atoms with Crippen molar-refractivity contribution in [3.8, 4) is 35.0 Å². The molecule has 8 rings (SSSR count). The fraction of sp³-hybridized carbons (Fsp3) is 0. The number of hydrogen-bond acceptors (Lipinski definition) is 3. The zero-order valence-corrected chi connectivity index (χ0v) is 28.0. The standard InChI is InChI=1S/C45H28N4Si/c46-29-32-23-26-45-41(27-32)39-19-10-11-21-43(39)49(45)44-22-12-20-38(42(44)31-48)40-28-37(25-24-33(40)30-47)50(34-13-4-1-5-14-34,35-15-6-2-7-16-35)36-17-8-3-9-18-36/h1-28H. The summed E-state index contributed by atoms with van der Waals surface area (Å²) >= 11 is 0. The third-order valence-electron chi connectivity index (χ3n) is 9.68. The van der Waals surface area contributed by atoms with E-state index in [0.29, 0.717) is 27.9 Å². The molecule has 0 bridgehead atoms. The largest absolute Gasteiger partial charge is 0.308 e. The van der Waals surface area contributed by atoms with E-state index in [-0.39, 0.29) is 0 Å². The van der Waals surface area contributed by atoms with E-state index in [1.165, 1.54) is 15.6 Å². The van der Waals surface area contributed by atoms with Crippen molar-refractivity contribution in [1.29, 1.82) is 15.8 Å². The molecule has 0 radical (unpaired) electrons. The summed E-state index contributed by atoms with van der Waals surface area (Å²) < 4.78 is 2.10. The molecule has 0 saturated heterocycles. The lowest BCUT2D eigenvalue weighted by molar-refractivity contribution is 1.17. The van der Waals surface area contributed by atoms with Crippen molar-refractivity contribution >= 4 is 50.6 Å². The Balaban J connectivity index is 1.44. The molecule has 0 aliphatic carbocycles. The minimum Gasteiger partial charge on any atom is -0.308 e. The second-order valence-electron chi connectivity index (χ2n) is 12.2. The molecule has 0 saturated carbocycles. The highest BCUT2D eigenvalue weighted by atomic mass is 28.3. The Morgan fingerprint density at radius 3 is 1.62 bits per heavy atom. The number of para-hydroxylation sites is 1. The van der Waals surface area contributed by atoms with Crippen LogP contribution >= 0.6 is 0 Å². The average Bonchev–Trinajstić information content (AvgIpc) is 3.52. The Hall–Kier alpha value is -6.97. The van der Waals surface area contributed by atoms with Gasteiger partial charge in [0.05, 0.1) is 45.5 Å². The molecule has 0 spiro atoms. The van der Waals surface area contributed by atoms with Crippen molar-refractivity contribution in [2.75, 3.05) is 0 Å². The van der Waals surface area contributed by atoms with E-state index in [1.807, 2.05) is 84.9 Å². The van der Waals surface area contributed by atoms with Crippen LogP contribution in [0.2, 0.25) is 0 Å². The second-order valence-corrected chi connectivity index (χ2v) is 16.0. The molecule has 5 heteroatoms. The van der Waals surface area contributed by atoms with Gasteiger partial charge in [0.2, 0.25) is 0 Å². The van der Waals surface area contributed by atoms with Crippen molar-refractivity contribution in [2.24, 2.45) is 0 Å². The molecule has 7 aromatic carbocycles. The van der Waals surface area contributed by atoms with E-state index in [4.69, 9.17) is 0 Å². The van der Waals surface area contributed by atoms with Gasteiger partial charge < -0.3 is 4.57 Å². The van der Waals surface area contributed by atoms with E-state index in [1.54, 1.807) is 0 Å². The fourth-order valence-electron chi connectivity index (χ4n) is 7.53. The molecule has 0 amide bonds. The number of rotatable bonds is 6. The summed E-state index contributed by atoms with van der Waals surface area (Å²) in [4.78, 5) is 0. The molecule has 0 atom stereocenters. The Bertz CT molecular complexity index is 2580. The van der Waals surface area contributed by atoms with Crippen LogP contribution in [-0.2, 0) is 0 Å². The molecule has 4 nitrogen and oxygen atoms in total. The van der Waals surface area contributed by atoms with E-state index < -0.39 is 8.07 Å². The van der Waals surface area contributed by atoms with E-state index in [0.717, 1.165) is 32.6 Å². The third-order valence-corrected chi connectivity index (χ3v) is 14.5. The maximum atomic E-state index is 10.9. The lowest BCUT2D eigenvalue weighted by Gasteiger charge is -2.34. The van der Waals surface area contributed by atoms with Crippen molar-refractivity contribution in [3.05, 3.63) is 187 Å². The number of fused-ring (bicyclic) bond motifs is 3. The zero-order valence-electron chi connectivity index (χ0n) is 27.0. The van der Waals surface area contributed by atoms with Gasteiger partial charge in [0, 0.05) is 21.9 Å². The number of benzene rings is 7. The highest BCUT2D eigenvalue weighted by Gasteiger charge is 2.41. The molecular weight excluding hydrogens is 625 g/mol. The van der Waals surface area contributed by atoms with Crippen LogP contribution in [0.1, 0.15) is 16.7 Å². The van der Waals surface area contributed by atoms with Crippen LogP contribution in [0.15, 0.2) is 170 Å². The molecule has 0 unspecified atom stereocenters. The number of hydrogen-bond donors (Lipinski definition) is 0. The second kappa shape index (κ2) is 12.6. The summed E-state index contributed by atoms with van der Waals surface area (Å²) in [6, 6.07) is 65.0. The van der Waals surface area contributed by atoms with Crippen LogP contribution in [0, 0.1) is 34.0 Å². The van der Waals surface area contributed by atoms with Gasteiger partial charge in [0.15, 0.2) is 8.07 Å². The topological polar surface area (TPSA) is 76.3 Å². The molecular formula is C45H28N4Si. The molecule has 0 aliphatic heterocycles. The predicted octanol–water partition coefficient (Wildman–Crippen LogP) is 7.44. The summed E-state index contributed by atoms with van der Waals surface area (Å²) in [6.45, 7) is 0. The highest BCUT2D eigenvalue weighted by Crippen LogP contribution is 2.37. The van der Waals surface area contributed by atoms with Gasteiger partial charge in [-0.15, -0.1) is 0 Å². The maximum Gasteiger partial charge on any atom is 0.179 e. The van der Waals surface area contributed by atoms with Crippen LogP contribution in [0.4, 0.5) is 0 Å². The first-order valence-corrected chi connectivity index (χ1v) is 18.4. The lowest BCUT2D eigenvalue weighted by Crippen LogP contribution is -2.74. The van der Waals surface area contributed by atoms with Crippen LogP contribution in [-0.4, -0.2) is 12.6 Å². The Morgan fingerprint density at radius 1 is 0.420 bits per heavy atom. The van der Waals surface area contributed by atoms with Crippen molar-refractivity contribution in [1.82, 2.24) is 4.57 Å². The van der Waals surface area contributed by atoms with Crippen molar-refractivity contribution < 1.29 is 0 Å². The number of nitriles is 3. The summed E-state index contributed by atoms with van der Waals surface area (Å²) in [5.41, 5.74) is 5.51. The first-order chi connectivity index (χ1) is 24.7. The minimum absolute atomic E-state index is 0.472. The summed E-state index contributed by atoms with van der Waals surface area (Å²) in [7, 11) is -2.90. The molecule has 1 aromatic heterocycles. The van der Waals surface area contributed by atoms with E-state index in [9.17, 15) is 15.8 Å². The predicted molar refractivity (Wildman–Crippen MR) is 204 cm³/mol. The number of aromatic nitrogens is 1. The van der Waals surface area contributed by atoms with Crippen LogP contribution in [0.25, 0.3) is 38.6 Å². The van der Waals surface area contributed by atoms with Crippen molar-refractivity contribution in [2.45, 2.75) is 0 Å². The Labute approximate surface area is 291 Å². The van der Waals surface area contributed by atoms with Gasteiger partial charge in [-0.05, 0) is 57.1 Å². The van der Waals surface area contributed by atoms with Gasteiger partial charge in [-0.3, -0.25) is 0 Å². The molecule has 50 heavy (non-hydrogen) atoms. The fourth-order valence-corrected chi connectivity index (χ4v) is 12.3. The van der Waals surface area contributed by atoms with Gasteiger partial charge in [-0.2, -0.15) is 15.8 Å². The smallest absolute Gasteiger partial charge is 0.179 e. The molecule has 1 heterocycles. The van der Waals surface area contributed by atoms with Crippen LogP contribution in [0.5, 0.6) is 0 Å². The van der Waals surface area contributed by atoms with Gasteiger partial charge in [0.25, 0.3) is 0 Å². The summed E-state index contributed by atoms with van der Waals surface area (Å²) in [5, 5.41) is 37.8. The van der Waals surface area contributed by atoms with Gasteiger partial charge in [0.1, 0.15) is 6.07 Å².